The molecule has 4 saturated carbocycles. The molecule has 0 saturated heterocycles. The minimum absolute atomic E-state index is 0.117. The first kappa shape index (κ1) is 21.6. The number of benzene rings is 2. The molecule has 1 amide bonds. The quantitative estimate of drug-likeness (QED) is 0.400. The fourth-order valence-electron chi connectivity index (χ4n) is 7.22. The van der Waals surface area contributed by atoms with E-state index < -0.39 is 0 Å². The number of anilines is 1. The molecular formula is C27H26Cl2N2OS. The van der Waals surface area contributed by atoms with Gasteiger partial charge < -0.3 is 0 Å². The molecule has 6 heteroatoms. The highest BCUT2D eigenvalue weighted by atomic mass is 35.5. The van der Waals surface area contributed by atoms with Gasteiger partial charge in [-0.1, -0.05) is 53.0 Å². The maximum absolute atomic E-state index is 12.8. The summed E-state index contributed by atoms with van der Waals surface area (Å²) < 4.78 is 0. The van der Waals surface area contributed by atoms with Gasteiger partial charge in [0.05, 0.1) is 16.3 Å². The third kappa shape index (κ3) is 3.71. The van der Waals surface area contributed by atoms with E-state index in [1.54, 1.807) is 18.2 Å². The number of aryl methyl sites for hydroxylation is 1. The molecule has 3 nitrogen and oxygen atoms in total. The maximum Gasteiger partial charge on any atom is 0.258 e. The van der Waals surface area contributed by atoms with E-state index in [-0.39, 0.29) is 16.7 Å². The lowest BCUT2D eigenvalue weighted by atomic mass is 9.42. The maximum atomic E-state index is 12.8. The average molecular weight is 497 g/mol. The Balaban J connectivity index is 1.28. The Hall–Kier alpha value is -1.88. The van der Waals surface area contributed by atoms with Gasteiger partial charge in [0.15, 0.2) is 5.13 Å². The van der Waals surface area contributed by atoms with E-state index in [1.807, 2.05) is 0 Å². The van der Waals surface area contributed by atoms with Crippen LogP contribution in [0.5, 0.6) is 0 Å². The normalized spacial score (nSPS) is 29.9. The Labute approximate surface area is 208 Å². The highest BCUT2D eigenvalue weighted by molar-refractivity contribution is 7.14. The molecule has 0 aliphatic heterocycles. The minimum atomic E-state index is -0.251. The Bertz CT molecular complexity index is 1220. The Morgan fingerprint density at radius 2 is 1.73 bits per heavy atom. The highest BCUT2D eigenvalue weighted by Crippen LogP contribution is 2.66. The summed E-state index contributed by atoms with van der Waals surface area (Å²) in [7, 11) is 0. The SMILES string of the molecule is Cc1ccc(C23C[C@H]4C[C@H](C2)CC(c2csc(NC(=O)c5ccc(Cl)cc5Cl)n2)(C4)C3)cc1. The zero-order valence-electron chi connectivity index (χ0n) is 18.5. The largest absolute Gasteiger partial charge is 0.298 e. The lowest BCUT2D eigenvalue weighted by molar-refractivity contribution is -0.0296. The fourth-order valence-corrected chi connectivity index (χ4v) is 8.54. The molecule has 1 aromatic heterocycles. The molecule has 7 rings (SSSR count). The number of nitrogens with one attached hydrogen (secondary N) is 1. The second-order valence-corrected chi connectivity index (χ2v) is 12.2. The van der Waals surface area contributed by atoms with Crippen molar-refractivity contribution in [1.82, 2.24) is 4.98 Å². The number of carbonyl (C=O) groups is 1. The number of aromatic nitrogens is 1. The van der Waals surface area contributed by atoms with Crippen molar-refractivity contribution in [3.63, 3.8) is 0 Å². The number of thiazole rings is 1. The van der Waals surface area contributed by atoms with Gasteiger partial charge in [-0.2, -0.15) is 0 Å². The molecule has 4 bridgehead atoms. The van der Waals surface area contributed by atoms with Gasteiger partial charge in [0, 0.05) is 15.8 Å². The summed E-state index contributed by atoms with van der Waals surface area (Å²) in [6.07, 6.45) is 7.57. The molecule has 1 heterocycles. The van der Waals surface area contributed by atoms with Crippen molar-refractivity contribution in [2.24, 2.45) is 11.8 Å². The Morgan fingerprint density at radius 3 is 2.42 bits per heavy atom. The lowest BCUT2D eigenvalue weighted by Gasteiger charge is -2.62. The fraction of sp³-hybridized carbons (Fsp3) is 0.407. The molecular weight excluding hydrogens is 471 g/mol. The topological polar surface area (TPSA) is 42.0 Å². The monoisotopic (exact) mass is 496 g/mol. The number of hydrogen-bond donors (Lipinski definition) is 1. The van der Waals surface area contributed by atoms with E-state index in [0.29, 0.717) is 20.7 Å². The van der Waals surface area contributed by atoms with Gasteiger partial charge in [-0.15, -0.1) is 11.3 Å². The number of nitrogens with zero attached hydrogens (tertiary/aromatic N) is 1. The zero-order chi connectivity index (χ0) is 22.8. The molecule has 0 spiro atoms. The van der Waals surface area contributed by atoms with Crippen molar-refractivity contribution in [2.45, 2.75) is 56.3 Å². The lowest BCUT2D eigenvalue weighted by Crippen LogP contribution is -2.56. The molecule has 2 atom stereocenters. The third-order valence-corrected chi connectivity index (χ3v) is 9.47. The molecule has 170 valence electrons. The summed E-state index contributed by atoms with van der Waals surface area (Å²) in [6, 6.07) is 14.2. The molecule has 1 N–H and O–H groups in total. The van der Waals surface area contributed by atoms with Crippen LogP contribution in [0.3, 0.4) is 0 Å². The summed E-state index contributed by atoms with van der Waals surface area (Å²) in [5.74, 6) is 1.28. The third-order valence-electron chi connectivity index (χ3n) is 8.17. The number of carbonyl (C=O) groups excluding carboxylic acids is 1. The van der Waals surface area contributed by atoms with Gasteiger partial charge in [-0.3, -0.25) is 10.1 Å². The van der Waals surface area contributed by atoms with E-state index in [4.69, 9.17) is 28.2 Å². The minimum Gasteiger partial charge on any atom is -0.298 e. The number of amides is 1. The van der Waals surface area contributed by atoms with E-state index >= 15 is 0 Å². The summed E-state index contributed by atoms with van der Waals surface area (Å²) in [5.41, 5.74) is 4.78. The van der Waals surface area contributed by atoms with E-state index in [9.17, 15) is 4.79 Å². The second-order valence-electron chi connectivity index (χ2n) is 10.5. The van der Waals surface area contributed by atoms with Crippen molar-refractivity contribution in [3.05, 3.63) is 80.3 Å². The van der Waals surface area contributed by atoms with Crippen LogP contribution in [0, 0.1) is 18.8 Å². The van der Waals surface area contributed by atoms with Crippen LogP contribution in [-0.4, -0.2) is 10.9 Å². The van der Waals surface area contributed by atoms with Crippen LogP contribution in [0.25, 0.3) is 0 Å². The molecule has 4 aliphatic carbocycles. The number of halogens is 2. The summed E-state index contributed by atoms with van der Waals surface area (Å²) in [4.78, 5) is 17.8. The van der Waals surface area contributed by atoms with Crippen LogP contribution in [0.1, 0.15) is 65.7 Å². The van der Waals surface area contributed by atoms with E-state index in [0.717, 1.165) is 24.0 Å². The first-order valence-electron chi connectivity index (χ1n) is 11.6. The standard InChI is InChI=1S/C27H26Cl2N2OS/c1-16-2-4-19(5-3-16)26-10-17-8-18(11-26)13-27(12-17,15-26)23-14-33-25(30-23)31-24(32)21-7-6-20(28)9-22(21)29/h2-7,9,14,17-18H,8,10-13,15H2,1H3,(H,30,31,32)/t17-,18-,26?,27?/m1/s1. The van der Waals surface area contributed by atoms with Gasteiger partial charge in [0.2, 0.25) is 0 Å². The van der Waals surface area contributed by atoms with E-state index in [1.165, 1.54) is 54.6 Å². The van der Waals surface area contributed by atoms with Gasteiger partial charge in [0.1, 0.15) is 0 Å². The van der Waals surface area contributed by atoms with Crippen LogP contribution < -0.4 is 5.32 Å². The average Bonchev–Trinajstić information content (AvgIpc) is 3.22. The molecule has 0 radical (unpaired) electrons. The Morgan fingerprint density at radius 1 is 1.03 bits per heavy atom. The van der Waals surface area contributed by atoms with Crippen LogP contribution in [-0.2, 0) is 10.8 Å². The van der Waals surface area contributed by atoms with Gasteiger partial charge in [0.25, 0.3) is 5.91 Å². The predicted molar refractivity (Wildman–Crippen MR) is 136 cm³/mol. The Kier molecular flexibility index (Phi) is 5.13. The van der Waals surface area contributed by atoms with Crippen LogP contribution >= 0.6 is 34.5 Å². The summed E-state index contributed by atoms with van der Waals surface area (Å²) >= 11 is 13.7. The number of hydrogen-bond acceptors (Lipinski definition) is 3. The van der Waals surface area contributed by atoms with Crippen molar-refractivity contribution in [3.8, 4) is 0 Å². The molecule has 0 unspecified atom stereocenters. The first-order chi connectivity index (χ1) is 15.8. The van der Waals surface area contributed by atoms with Crippen molar-refractivity contribution in [2.75, 3.05) is 5.32 Å². The van der Waals surface area contributed by atoms with Gasteiger partial charge >= 0.3 is 0 Å². The molecule has 4 aliphatic rings. The van der Waals surface area contributed by atoms with Gasteiger partial charge in [-0.05, 0) is 86.5 Å². The van der Waals surface area contributed by atoms with Crippen molar-refractivity contribution in [1.29, 1.82) is 0 Å². The zero-order valence-corrected chi connectivity index (χ0v) is 20.9. The van der Waals surface area contributed by atoms with Gasteiger partial charge in [-0.25, -0.2) is 4.98 Å². The second kappa shape index (κ2) is 7.83. The van der Waals surface area contributed by atoms with Crippen molar-refractivity contribution < 1.29 is 4.79 Å². The summed E-state index contributed by atoms with van der Waals surface area (Å²) in [5, 5.41) is 6.63. The molecule has 2 aromatic carbocycles. The smallest absolute Gasteiger partial charge is 0.258 e. The van der Waals surface area contributed by atoms with Crippen LogP contribution in [0.15, 0.2) is 47.8 Å². The van der Waals surface area contributed by atoms with Crippen molar-refractivity contribution >= 4 is 45.6 Å². The molecule has 4 fully saturated rings. The summed E-state index contributed by atoms with van der Waals surface area (Å²) in [6.45, 7) is 2.16. The highest BCUT2D eigenvalue weighted by Gasteiger charge is 2.59. The predicted octanol–water partition coefficient (Wildman–Crippen LogP) is 7.80. The molecule has 3 aromatic rings. The van der Waals surface area contributed by atoms with Crippen LogP contribution in [0.4, 0.5) is 5.13 Å². The van der Waals surface area contributed by atoms with E-state index in [2.05, 4.69) is 41.9 Å². The first-order valence-corrected chi connectivity index (χ1v) is 13.3. The van der Waals surface area contributed by atoms with Crippen LogP contribution in [0.2, 0.25) is 10.0 Å². The number of rotatable bonds is 4. The molecule has 33 heavy (non-hydrogen) atoms.